The van der Waals surface area contributed by atoms with Crippen molar-refractivity contribution in [3.63, 3.8) is 0 Å². The molecule has 3 heteroatoms. The fraction of sp³-hybridized carbons (Fsp3) is 0.667. The Labute approximate surface area is 55.0 Å². The molecule has 0 atom stereocenters. The zero-order valence-electron chi connectivity index (χ0n) is 5.38. The maximum Gasteiger partial charge on any atom is 0.0764 e. The maximum atomic E-state index is 8.30. The van der Waals surface area contributed by atoms with Crippen LogP contribution in [0.1, 0.15) is 0 Å². The summed E-state index contributed by atoms with van der Waals surface area (Å²) in [5.74, 6) is 0. The van der Waals surface area contributed by atoms with Crippen LogP contribution in [0.2, 0.25) is 0 Å². The highest BCUT2D eigenvalue weighted by Gasteiger charge is 2.06. The zero-order chi connectivity index (χ0) is 6.53. The molecular weight excluding hydrogens is 116 g/mol. The molecule has 0 aliphatic carbocycles. The van der Waals surface area contributed by atoms with Crippen LogP contribution in [0, 0.1) is 0 Å². The van der Waals surface area contributed by atoms with Crippen molar-refractivity contribution < 1.29 is 5.11 Å². The number of hydrogen-bond donors (Lipinski definition) is 2. The predicted molar refractivity (Wildman–Crippen MR) is 36.2 cm³/mol. The van der Waals surface area contributed by atoms with Gasteiger partial charge in [-0.1, -0.05) is 0 Å². The van der Waals surface area contributed by atoms with Gasteiger partial charge in [0.25, 0.3) is 0 Å². The molecule has 1 aliphatic heterocycles. The SMILES string of the molecule is OC=CCN1CCNC1. The topological polar surface area (TPSA) is 35.5 Å². The van der Waals surface area contributed by atoms with Gasteiger partial charge in [-0.2, -0.15) is 0 Å². The van der Waals surface area contributed by atoms with E-state index in [2.05, 4.69) is 10.2 Å². The van der Waals surface area contributed by atoms with Gasteiger partial charge in [-0.3, -0.25) is 4.90 Å². The summed E-state index contributed by atoms with van der Waals surface area (Å²) in [5.41, 5.74) is 0. The maximum absolute atomic E-state index is 8.30. The van der Waals surface area contributed by atoms with Crippen LogP contribution in [0.4, 0.5) is 0 Å². The second kappa shape index (κ2) is 3.48. The Balaban J connectivity index is 2.11. The van der Waals surface area contributed by atoms with Crippen LogP contribution in [0.25, 0.3) is 0 Å². The molecule has 1 aliphatic rings. The third-order valence-electron chi connectivity index (χ3n) is 1.41. The third-order valence-corrected chi connectivity index (χ3v) is 1.41. The molecule has 52 valence electrons. The van der Waals surface area contributed by atoms with E-state index >= 15 is 0 Å². The molecule has 0 spiro atoms. The highest BCUT2D eigenvalue weighted by atomic mass is 16.2. The fourth-order valence-electron chi connectivity index (χ4n) is 0.905. The van der Waals surface area contributed by atoms with E-state index < -0.39 is 0 Å². The minimum absolute atomic E-state index is 0.851. The summed E-state index contributed by atoms with van der Waals surface area (Å²) in [4.78, 5) is 2.22. The van der Waals surface area contributed by atoms with Gasteiger partial charge in [-0.05, 0) is 6.08 Å². The van der Waals surface area contributed by atoms with Gasteiger partial charge < -0.3 is 10.4 Å². The summed E-state index contributed by atoms with van der Waals surface area (Å²) in [5, 5.41) is 11.5. The van der Waals surface area contributed by atoms with E-state index in [1.165, 1.54) is 0 Å². The van der Waals surface area contributed by atoms with Gasteiger partial charge >= 0.3 is 0 Å². The molecule has 0 aromatic carbocycles. The Morgan fingerprint density at radius 3 is 3.11 bits per heavy atom. The van der Waals surface area contributed by atoms with Gasteiger partial charge in [-0.15, -0.1) is 0 Å². The largest absolute Gasteiger partial charge is 0.516 e. The van der Waals surface area contributed by atoms with Gasteiger partial charge in [-0.25, -0.2) is 0 Å². The Morgan fingerprint density at radius 1 is 1.67 bits per heavy atom. The fourth-order valence-corrected chi connectivity index (χ4v) is 0.905. The van der Waals surface area contributed by atoms with Crippen molar-refractivity contribution >= 4 is 0 Å². The second-order valence-electron chi connectivity index (χ2n) is 2.12. The van der Waals surface area contributed by atoms with Gasteiger partial charge in [0.05, 0.1) is 6.26 Å². The molecule has 0 aromatic rings. The van der Waals surface area contributed by atoms with Crippen LogP contribution in [-0.4, -0.2) is 36.3 Å². The Bertz CT molecular complexity index is 97.2. The first-order valence-corrected chi connectivity index (χ1v) is 3.16. The molecule has 0 unspecified atom stereocenters. The highest BCUT2D eigenvalue weighted by molar-refractivity contribution is 4.79. The molecule has 1 saturated heterocycles. The van der Waals surface area contributed by atoms with E-state index in [0.717, 1.165) is 32.6 Å². The number of aliphatic hydroxyl groups excluding tert-OH is 1. The molecule has 9 heavy (non-hydrogen) atoms. The molecule has 0 saturated carbocycles. The molecule has 0 aromatic heterocycles. The zero-order valence-corrected chi connectivity index (χ0v) is 5.38. The first-order valence-electron chi connectivity index (χ1n) is 3.16. The first kappa shape index (κ1) is 6.58. The van der Waals surface area contributed by atoms with E-state index in [0.29, 0.717) is 0 Å². The molecular formula is C6H12N2O. The predicted octanol–water partition coefficient (Wildman–Crippen LogP) is -0.0792. The van der Waals surface area contributed by atoms with E-state index in [1.54, 1.807) is 6.08 Å². The summed E-state index contributed by atoms with van der Waals surface area (Å²) in [7, 11) is 0. The lowest BCUT2D eigenvalue weighted by Crippen LogP contribution is -2.21. The van der Waals surface area contributed by atoms with Gasteiger partial charge in [0.15, 0.2) is 0 Å². The van der Waals surface area contributed by atoms with Crippen LogP contribution < -0.4 is 5.32 Å². The minimum atomic E-state index is 0.851. The van der Waals surface area contributed by atoms with Crippen molar-refractivity contribution in [2.75, 3.05) is 26.3 Å². The summed E-state index contributed by atoms with van der Waals surface area (Å²) >= 11 is 0. The quantitative estimate of drug-likeness (QED) is 0.511. The second-order valence-corrected chi connectivity index (χ2v) is 2.12. The lowest BCUT2D eigenvalue weighted by Gasteiger charge is -2.08. The number of nitrogens with zero attached hydrogens (tertiary/aromatic N) is 1. The van der Waals surface area contributed by atoms with Crippen LogP contribution in [0.3, 0.4) is 0 Å². The van der Waals surface area contributed by atoms with Gasteiger partial charge in [0, 0.05) is 26.3 Å². The van der Waals surface area contributed by atoms with Crippen molar-refractivity contribution in [3.05, 3.63) is 12.3 Å². The number of rotatable bonds is 2. The molecule has 1 heterocycles. The Hall–Kier alpha value is -0.540. The average Bonchev–Trinajstić information content (AvgIpc) is 2.34. The molecule has 0 amide bonds. The summed E-state index contributed by atoms with van der Waals surface area (Å²) in [6.07, 6.45) is 2.84. The lowest BCUT2D eigenvalue weighted by atomic mass is 10.5. The summed E-state index contributed by atoms with van der Waals surface area (Å²) in [6.45, 7) is 3.96. The average molecular weight is 128 g/mol. The van der Waals surface area contributed by atoms with Crippen molar-refractivity contribution in [3.8, 4) is 0 Å². The first-order chi connectivity index (χ1) is 4.43. The molecule has 0 radical (unpaired) electrons. The molecule has 2 N–H and O–H groups in total. The van der Waals surface area contributed by atoms with E-state index in [9.17, 15) is 0 Å². The highest BCUT2D eigenvalue weighted by Crippen LogP contribution is 1.90. The van der Waals surface area contributed by atoms with Crippen molar-refractivity contribution in [2.45, 2.75) is 0 Å². The van der Waals surface area contributed by atoms with Crippen LogP contribution in [-0.2, 0) is 0 Å². The van der Waals surface area contributed by atoms with Gasteiger partial charge in [0.2, 0.25) is 0 Å². The summed E-state index contributed by atoms with van der Waals surface area (Å²) in [6, 6.07) is 0. The monoisotopic (exact) mass is 128 g/mol. The smallest absolute Gasteiger partial charge is 0.0764 e. The van der Waals surface area contributed by atoms with E-state index in [1.807, 2.05) is 0 Å². The standard InChI is InChI=1S/C6H12N2O/c9-5-1-3-8-4-2-7-6-8/h1,5,7,9H,2-4,6H2. The van der Waals surface area contributed by atoms with Crippen molar-refractivity contribution in [1.82, 2.24) is 10.2 Å². The Morgan fingerprint density at radius 2 is 2.56 bits per heavy atom. The van der Waals surface area contributed by atoms with Crippen LogP contribution >= 0.6 is 0 Å². The molecule has 1 fully saturated rings. The Kier molecular flexibility index (Phi) is 2.54. The molecule has 1 rings (SSSR count). The number of hydrogen-bond acceptors (Lipinski definition) is 3. The third kappa shape index (κ3) is 2.03. The van der Waals surface area contributed by atoms with Gasteiger partial charge in [0.1, 0.15) is 0 Å². The minimum Gasteiger partial charge on any atom is -0.516 e. The number of nitrogens with one attached hydrogen (secondary N) is 1. The van der Waals surface area contributed by atoms with Crippen LogP contribution in [0.5, 0.6) is 0 Å². The van der Waals surface area contributed by atoms with E-state index in [-0.39, 0.29) is 0 Å². The van der Waals surface area contributed by atoms with E-state index in [4.69, 9.17) is 5.11 Å². The van der Waals surface area contributed by atoms with Crippen molar-refractivity contribution in [1.29, 1.82) is 0 Å². The van der Waals surface area contributed by atoms with Crippen LogP contribution in [0.15, 0.2) is 12.3 Å². The number of aliphatic hydroxyl groups is 1. The lowest BCUT2D eigenvalue weighted by molar-refractivity contribution is 0.366. The van der Waals surface area contributed by atoms with Crippen molar-refractivity contribution in [2.24, 2.45) is 0 Å². The molecule has 3 nitrogen and oxygen atoms in total. The molecule has 0 bridgehead atoms. The normalized spacial score (nSPS) is 21.8. The summed E-state index contributed by atoms with van der Waals surface area (Å²) < 4.78 is 0.